The molecule has 0 aliphatic rings. The molecule has 0 unspecified atom stereocenters. The highest BCUT2D eigenvalue weighted by Crippen LogP contribution is 2.12. The third-order valence-corrected chi connectivity index (χ3v) is 6.00. The van der Waals surface area contributed by atoms with Gasteiger partial charge in [0.25, 0.3) is 0 Å². The van der Waals surface area contributed by atoms with E-state index < -0.39 is 0 Å². The molecule has 0 aromatic rings. The van der Waals surface area contributed by atoms with Gasteiger partial charge in [0, 0.05) is 13.2 Å². The molecule has 3 nitrogen and oxygen atoms in total. The van der Waals surface area contributed by atoms with Crippen molar-refractivity contribution < 1.29 is 14.6 Å². The van der Waals surface area contributed by atoms with Crippen LogP contribution in [0.1, 0.15) is 142 Å². The van der Waals surface area contributed by atoms with Crippen LogP contribution in [0, 0.1) is 0 Å². The largest absolute Gasteiger partial charge is 0.394 e. The second-order valence-electron chi connectivity index (χ2n) is 9.11. The Morgan fingerprint density at radius 3 is 1.27 bits per heavy atom. The third-order valence-electron chi connectivity index (χ3n) is 6.00. The second-order valence-corrected chi connectivity index (χ2v) is 9.11. The van der Waals surface area contributed by atoms with Gasteiger partial charge in [-0.05, 0) is 12.8 Å². The lowest BCUT2D eigenvalue weighted by atomic mass is 10.1. The van der Waals surface area contributed by atoms with Gasteiger partial charge in [0.2, 0.25) is 0 Å². The zero-order valence-electron chi connectivity index (χ0n) is 20.8. The first-order chi connectivity index (χ1) is 14.8. The Balaban J connectivity index is 3.27. The van der Waals surface area contributed by atoms with Gasteiger partial charge in [0.05, 0.1) is 13.2 Å². The number of rotatable bonds is 26. The first-order valence-corrected chi connectivity index (χ1v) is 13.6. The molecule has 0 saturated carbocycles. The number of aliphatic hydroxyl groups is 1. The Morgan fingerprint density at radius 2 is 0.867 bits per heavy atom. The van der Waals surface area contributed by atoms with Crippen LogP contribution < -0.4 is 0 Å². The van der Waals surface area contributed by atoms with Gasteiger partial charge in [-0.25, -0.2) is 0 Å². The molecule has 0 aromatic carbocycles. The summed E-state index contributed by atoms with van der Waals surface area (Å²) < 4.78 is 11.5. The normalized spacial score (nSPS) is 12.5. The van der Waals surface area contributed by atoms with Gasteiger partial charge in [-0.1, -0.05) is 129 Å². The number of unbranched alkanes of at least 4 members (excludes halogenated alkanes) is 18. The summed E-state index contributed by atoms with van der Waals surface area (Å²) in [5.41, 5.74) is 0. The van der Waals surface area contributed by atoms with Crippen LogP contribution >= 0.6 is 0 Å². The molecule has 1 N–H and O–H groups in total. The summed E-state index contributed by atoms with van der Waals surface area (Å²) >= 11 is 0. The quantitative estimate of drug-likeness (QED) is 0.141. The van der Waals surface area contributed by atoms with Gasteiger partial charge < -0.3 is 14.6 Å². The smallest absolute Gasteiger partial charge is 0.104 e. The maximum Gasteiger partial charge on any atom is 0.104 e. The van der Waals surface area contributed by atoms with Gasteiger partial charge in [0.1, 0.15) is 6.10 Å². The maximum absolute atomic E-state index is 9.46. The van der Waals surface area contributed by atoms with Crippen molar-refractivity contribution in [1.29, 1.82) is 0 Å². The molecule has 0 aliphatic carbocycles. The molecule has 182 valence electrons. The van der Waals surface area contributed by atoms with Gasteiger partial charge in [0.15, 0.2) is 0 Å². The molecule has 1 atom stereocenters. The second kappa shape index (κ2) is 26.9. The van der Waals surface area contributed by atoms with Crippen molar-refractivity contribution in [3.63, 3.8) is 0 Å². The fourth-order valence-electron chi connectivity index (χ4n) is 3.90. The van der Waals surface area contributed by atoms with E-state index in [1.807, 2.05) is 0 Å². The van der Waals surface area contributed by atoms with Crippen LogP contribution in [0.25, 0.3) is 0 Å². The maximum atomic E-state index is 9.46. The first kappa shape index (κ1) is 29.9. The number of hydrogen-bond donors (Lipinski definition) is 1. The van der Waals surface area contributed by atoms with Gasteiger partial charge in [-0.15, -0.1) is 0 Å². The number of ether oxygens (including phenoxy) is 2. The van der Waals surface area contributed by atoms with E-state index in [9.17, 15) is 5.11 Å². The summed E-state index contributed by atoms with van der Waals surface area (Å²) in [6, 6.07) is 0. The van der Waals surface area contributed by atoms with E-state index in [-0.39, 0.29) is 12.7 Å². The fraction of sp³-hybridized carbons (Fsp3) is 1.00. The molecular weight excluding hydrogens is 372 g/mol. The summed E-state index contributed by atoms with van der Waals surface area (Å²) in [6.07, 6.45) is 26.7. The van der Waals surface area contributed by atoms with Gasteiger partial charge in [-0.2, -0.15) is 0 Å². The molecular formula is C27H56O3. The molecule has 0 spiro atoms. The van der Waals surface area contributed by atoms with Crippen LogP contribution in [-0.2, 0) is 9.47 Å². The molecule has 0 bridgehead atoms. The van der Waals surface area contributed by atoms with Crippen LogP contribution in [0.15, 0.2) is 0 Å². The van der Waals surface area contributed by atoms with Crippen LogP contribution in [-0.4, -0.2) is 37.6 Å². The van der Waals surface area contributed by atoms with Crippen molar-refractivity contribution in [3.05, 3.63) is 0 Å². The van der Waals surface area contributed by atoms with Crippen molar-refractivity contribution in [1.82, 2.24) is 0 Å². The molecule has 0 aliphatic heterocycles. The van der Waals surface area contributed by atoms with Gasteiger partial charge >= 0.3 is 0 Å². The van der Waals surface area contributed by atoms with E-state index in [1.165, 1.54) is 116 Å². The standard InChI is InChI=1S/C27H56O3/c1-3-5-7-9-11-13-15-17-19-21-23-29-26-27(25-28)30-24-22-20-18-16-14-12-10-8-6-4-2/h27-28H,3-26H2,1-2H3/t27-/m0/s1. The Morgan fingerprint density at radius 1 is 0.500 bits per heavy atom. The van der Waals surface area contributed by atoms with E-state index in [0.29, 0.717) is 6.61 Å². The Kier molecular flexibility index (Phi) is 26.8. The lowest BCUT2D eigenvalue weighted by molar-refractivity contribution is -0.0437. The number of aliphatic hydroxyl groups excluding tert-OH is 1. The Bertz CT molecular complexity index is 296. The van der Waals surface area contributed by atoms with Crippen LogP contribution in [0.5, 0.6) is 0 Å². The summed E-state index contributed by atoms with van der Waals surface area (Å²) in [5.74, 6) is 0. The molecule has 30 heavy (non-hydrogen) atoms. The number of hydrogen-bond acceptors (Lipinski definition) is 3. The highest BCUT2D eigenvalue weighted by Gasteiger charge is 2.07. The van der Waals surface area contributed by atoms with Crippen molar-refractivity contribution in [3.8, 4) is 0 Å². The highest BCUT2D eigenvalue weighted by molar-refractivity contribution is 4.55. The van der Waals surface area contributed by atoms with E-state index in [4.69, 9.17) is 9.47 Å². The average Bonchev–Trinajstić information content (AvgIpc) is 2.76. The van der Waals surface area contributed by atoms with Crippen molar-refractivity contribution >= 4 is 0 Å². The van der Waals surface area contributed by atoms with Crippen molar-refractivity contribution in [2.75, 3.05) is 26.4 Å². The van der Waals surface area contributed by atoms with Crippen LogP contribution in [0.3, 0.4) is 0 Å². The third kappa shape index (κ3) is 24.2. The average molecular weight is 429 g/mol. The van der Waals surface area contributed by atoms with Crippen LogP contribution in [0.2, 0.25) is 0 Å². The summed E-state index contributed by atoms with van der Waals surface area (Å²) in [4.78, 5) is 0. The molecule has 0 aromatic heterocycles. The predicted molar refractivity (Wildman–Crippen MR) is 131 cm³/mol. The SMILES string of the molecule is CCCCCCCCCCCCOC[C@H](CO)OCCCCCCCCCCCC. The van der Waals surface area contributed by atoms with E-state index in [1.54, 1.807) is 0 Å². The zero-order chi connectivity index (χ0) is 22.0. The molecule has 0 heterocycles. The molecule has 0 fully saturated rings. The summed E-state index contributed by atoms with van der Waals surface area (Å²) in [6.45, 7) is 6.70. The fourth-order valence-corrected chi connectivity index (χ4v) is 3.90. The minimum absolute atomic E-state index is 0.0653. The Hall–Kier alpha value is -0.120. The van der Waals surface area contributed by atoms with E-state index in [2.05, 4.69) is 13.8 Å². The van der Waals surface area contributed by atoms with Gasteiger partial charge in [-0.3, -0.25) is 0 Å². The summed E-state index contributed by atoms with van der Waals surface area (Å²) in [7, 11) is 0. The topological polar surface area (TPSA) is 38.7 Å². The lowest BCUT2D eigenvalue weighted by Gasteiger charge is -2.15. The first-order valence-electron chi connectivity index (χ1n) is 13.6. The molecule has 0 rings (SSSR count). The Labute approximate surface area is 189 Å². The van der Waals surface area contributed by atoms with E-state index in [0.717, 1.165) is 26.1 Å². The predicted octanol–water partition coefficient (Wildman–Crippen LogP) is 8.22. The summed E-state index contributed by atoms with van der Waals surface area (Å²) in [5, 5.41) is 9.46. The van der Waals surface area contributed by atoms with Crippen molar-refractivity contribution in [2.45, 2.75) is 148 Å². The van der Waals surface area contributed by atoms with Crippen molar-refractivity contribution in [2.24, 2.45) is 0 Å². The minimum Gasteiger partial charge on any atom is -0.394 e. The highest BCUT2D eigenvalue weighted by atomic mass is 16.5. The van der Waals surface area contributed by atoms with Crippen LogP contribution in [0.4, 0.5) is 0 Å². The molecule has 0 radical (unpaired) electrons. The molecule has 0 amide bonds. The lowest BCUT2D eigenvalue weighted by Crippen LogP contribution is -2.24. The monoisotopic (exact) mass is 428 g/mol. The van der Waals surface area contributed by atoms with E-state index >= 15 is 0 Å². The molecule has 3 heteroatoms. The zero-order valence-corrected chi connectivity index (χ0v) is 20.8. The minimum atomic E-state index is -0.147. The molecule has 0 saturated heterocycles.